The number of hydrogen-bond donors (Lipinski definition) is 2. The molecule has 0 radical (unpaired) electrons. The van der Waals surface area contributed by atoms with Gasteiger partial charge in [-0.3, -0.25) is 4.79 Å². The number of carbonyl (C=O) groups is 1. The third-order valence-corrected chi connectivity index (χ3v) is 13.8. The monoisotopic (exact) mass is 967 g/mol. The van der Waals surface area contributed by atoms with Gasteiger partial charge in [-0.05, 0) is 98.5 Å². The van der Waals surface area contributed by atoms with Gasteiger partial charge in [0.25, 0.3) is 0 Å². The van der Waals surface area contributed by atoms with E-state index in [2.05, 4.69) is 72.5 Å². The highest BCUT2D eigenvalue weighted by Gasteiger charge is 2.28. The van der Waals surface area contributed by atoms with Crippen molar-refractivity contribution in [1.29, 1.82) is 0 Å². The zero-order valence-corrected chi connectivity index (χ0v) is 41.6. The van der Waals surface area contributed by atoms with Gasteiger partial charge in [0.05, 0.1) is 11.1 Å². The molecular weight excluding hydrogens is 909 g/mol. The maximum Gasteiger partial charge on any atom is 0.246 e. The predicted octanol–water partition coefficient (Wildman–Crippen LogP) is 12.1. The molecule has 4 aromatic heterocycles. The van der Waals surface area contributed by atoms with Crippen LogP contribution in [0, 0.1) is 25.5 Å². The number of piperidine rings is 1. The molecule has 6 heterocycles. The molecule has 2 saturated heterocycles. The molecule has 2 fully saturated rings. The number of piperazine rings is 1. The first-order chi connectivity index (χ1) is 34.7. The lowest BCUT2D eigenvalue weighted by atomic mass is 9.92. The van der Waals surface area contributed by atoms with Crippen molar-refractivity contribution in [2.75, 3.05) is 49.1 Å². The van der Waals surface area contributed by atoms with Crippen LogP contribution in [0.2, 0.25) is 0 Å². The molecule has 8 aromatic rings. The Balaban J connectivity index is 0.000000179. The number of hydrogen-bond acceptors (Lipinski definition) is 11. The van der Waals surface area contributed by atoms with Gasteiger partial charge in [-0.1, -0.05) is 94.9 Å². The number of halogens is 2. The van der Waals surface area contributed by atoms with Crippen LogP contribution in [-0.2, 0) is 4.79 Å². The van der Waals surface area contributed by atoms with E-state index in [1.54, 1.807) is 11.8 Å². The molecule has 368 valence electrons. The van der Waals surface area contributed by atoms with Crippen LogP contribution in [0.5, 0.6) is 11.5 Å². The lowest BCUT2D eigenvalue weighted by Gasteiger charge is -2.35. The number of rotatable bonds is 9. The molecule has 0 saturated carbocycles. The Morgan fingerprint density at radius 1 is 0.569 bits per heavy atom. The SMILES string of the molecule is C=CC(=O)N1CCN(c2nnc(-c3ccccc3C(C)C)c3cc(-c4c(O)cccc4F)c(C)nc23)CC1.Cc1nc2c(N3CCCCC3)nnc(-c3ccccc3C(C)C)c2cc1-c1c(O)cccc1F. The normalized spacial score (nSPS) is 14.0. The highest BCUT2D eigenvalue weighted by atomic mass is 19.1. The summed E-state index contributed by atoms with van der Waals surface area (Å²) < 4.78 is 29.8. The fourth-order valence-corrected chi connectivity index (χ4v) is 10.0. The molecule has 10 rings (SSSR count). The van der Waals surface area contributed by atoms with Gasteiger partial charge in [0.2, 0.25) is 5.91 Å². The molecule has 0 spiro atoms. The van der Waals surface area contributed by atoms with Crippen LogP contribution in [0.15, 0.2) is 110 Å². The van der Waals surface area contributed by atoms with Crippen LogP contribution in [0.3, 0.4) is 0 Å². The zero-order chi connectivity index (χ0) is 50.8. The second kappa shape index (κ2) is 20.8. The summed E-state index contributed by atoms with van der Waals surface area (Å²) in [5.74, 6) is 0.571. The van der Waals surface area contributed by atoms with E-state index >= 15 is 0 Å². The number of aryl methyl sites for hydroxylation is 2. The average Bonchev–Trinajstić information content (AvgIpc) is 3.38. The molecule has 2 N–H and O–H groups in total. The van der Waals surface area contributed by atoms with E-state index in [0.29, 0.717) is 71.6 Å². The summed E-state index contributed by atoms with van der Waals surface area (Å²) in [6.45, 7) is 19.8. The van der Waals surface area contributed by atoms with Crippen molar-refractivity contribution in [2.24, 2.45) is 0 Å². The summed E-state index contributed by atoms with van der Waals surface area (Å²) in [4.78, 5) is 28.0. The summed E-state index contributed by atoms with van der Waals surface area (Å²) in [5, 5.41) is 41.3. The van der Waals surface area contributed by atoms with E-state index in [1.807, 2.05) is 49.4 Å². The zero-order valence-electron chi connectivity index (χ0n) is 41.6. The van der Waals surface area contributed by atoms with Crippen molar-refractivity contribution in [1.82, 2.24) is 35.3 Å². The number of fused-ring (bicyclic) bond motifs is 2. The fourth-order valence-electron chi connectivity index (χ4n) is 10.0. The van der Waals surface area contributed by atoms with Gasteiger partial charge >= 0.3 is 0 Å². The third kappa shape index (κ3) is 9.52. The maximum atomic E-state index is 14.9. The minimum Gasteiger partial charge on any atom is -0.507 e. The number of phenolic OH excluding ortho intramolecular Hbond substituents is 2. The van der Waals surface area contributed by atoms with Crippen LogP contribution in [-0.4, -0.2) is 90.7 Å². The van der Waals surface area contributed by atoms with Crippen LogP contribution >= 0.6 is 0 Å². The van der Waals surface area contributed by atoms with Gasteiger partial charge in [0.15, 0.2) is 11.6 Å². The summed E-state index contributed by atoms with van der Waals surface area (Å²) in [5.41, 5.74) is 9.53. The van der Waals surface area contributed by atoms with E-state index < -0.39 is 11.6 Å². The van der Waals surface area contributed by atoms with E-state index in [1.165, 1.54) is 54.5 Å². The molecule has 2 aliphatic heterocycles. The number of nitrogens with zero attached hydrogens (tertiary/aromatic N) is 9. The number of benzene rings is 4. The van der Waals surface area contributed by atoms with E-state index in [4.69, 9.17) is 20.2 Å². The number of aromatic hydroxyl groups is 2. The Hall–Kier alpha value is -7.87. The Kier molecular flexibility index (Phi) is 14.2. The second-order valence-corrected chi connectivity index (χ2v) is 19.1. The molecule has 4 aromatic carbocycles. The summed E-state index contributed by atoms with van der Waals surface area (Å²) >= 11 is 0. The number of aromatic nitrogens is 6. The number of carbonyl (C=O) groups excluding carboxylic acids is 1. The van der Waals surface area contributed by atoms with E-state index in [-0.39, 0.29) is 34.5 Å². The van der Waals surface area contributed by atoms with E-state index in [0.717, 1.165) is 70.4 Å². The van der Waals surface area contributed by atoms with Gasteiger partial charge < -0.3 is 24.9 Å². The summed E-state index contributed by atoms with van der Waals surface area (Å²) in [6.07, 6.45) is 4.77. The van der Waals surface area contributed by atoms with Crippen molar-refractivity contribution in [3.63, 3.8) is 0 Å². The first-order valence-corrected chi connectivity index (χ1v) is 24.7. The molecule has 0 aliphatic carbocycles. The molecule has 0 bridgehead atoms. The molecule has 72 heavy (non-hydrogen) atoms. The van der Waals surface area contributed by atoms with Crippen LogP contribution in [0.4, 0.5) is 20.4 Å². The first kappa shape index (κ1) is 49.1. The molecular formula is C58H59F2N9O3. The van der Waals surface area contributed by atoms with Crippen molar-refractivity contribution >= 4 is 39.3 Å². The molecule has 2 aliphatic rings. The van der Waals surface area contributed by atoms with Crippen molar-refractivity contribution in [2.45, 2.75) is 72.6 Å². The van der Waals surface area contributed by atoms with Gasteiger partial charge in [0, 0.05) is 83.7 Å². The van der Waals surface area contributed by atoms with Crippen molar-refractivity contribution < 1.29 is 23.8 Å². The summed E-state index contributed by atoms with van der Waals surface area (Å²) in [6, 6.07) is 28.6. The molecule has 0 atom stereocenters. The van der Waals surface area contributed by atoms with Crippen LogP contribution in [0.1, 0.15) is 81.3 Å². The quantitative estimate of drug-likeness (QED) is 0.133. The van der Waals surface area contributed by atoms with Crippen LogP contribution in [0.25, 0.3) is 66.6 Å². The Bertz CT molecular complexity index is 3310. The molecule has 14 heteroatoms. The third-order valence-electron chi connectivity index (χ3n) is 13.8. The number of pyridine rings is 2. The number of phenols is 2. The Labute approximate surface area is 418 Å². The highest BCUT2D eigenvalue weighted by molar-refractivity contribution is 6.02. The molecule has 12 nitrogen and oxygen atoms in total. The molecule has 1 amide bonds. The fraction of sp³-hybridized carbons (Fsp3) is 0.293. The standard InChI is InChI=1S/C30H30FN5O2.C28H29FN4O/c1-5-26(38)35-13-15-36(16-14-35)30-29-23(28(33-34-30)21-10-7-6-9-20(21)18(2)3)17-22(19(4)32-29)27-24(31)11-8-12-25(27)37;1-17(2)19-10-5-6-11-20(19)26-22-16-21(25-23(29)12-9-13-24(25)34)18(3)30-27(22)28(32-31-26)33-14-7-4-8-15-33/h5-12,17-18,37H,1,13-16H2,2-4H3;5-6,9-13,16-17,34H,4,7-8,14-15H2,1-3H3. The number of amides is 1. The molecule has 0 unspecified atom stereocenters. The minimum absolute atomic E-state index is 0.0930. The van der Waals surface area contributed by atoms with Gasteiger partial charge in [-0.15, -0.1) is 20.4 Å². The van der Waals surface area contributed by atoms with Crippen LogP contribution < -0.4 is 9.80 Å². The second-order valence-electron chi connectivity index (χ2n) is 19.1. The predicted molar refractivity (Wildman–Crippen MR) is 282 cm³/mol. The van der Waals surface area contributed by atoms with E-state index in [9.17, 15) is 23.8 Å². The van der Waals surface area contributed by atoms with Gasteiger partial charge in [-0.25, -0.2) is 18.7 Å². The maximum absolute atomic E-state index is 14.9. The minimum atomic E-state index is -0.524. The summed E-state index contributed by atoms with van der Waals surface area (Å²) in [7, 11) is 0. The topological polar surface area (TPSA) is 145 Å². The Morgan fingerprint density at radius 2 is 1.00 bits per heavy atom. The first-order valence-electron chi connectivity index (χ1n) is 24.7. The smallest absolute Gasteiger partial charge is 0.246 e. The van der Waals surface area contributed by atoms with Gasteiger partial charge in [0.1, 0.15) is 45.6 Å². The van der Waals surface area contributed by atoms with Crippen molar-refractivity contribution in [3.8, 4) is 56.3 Å². The van der Waals surface area contributed by atoms with Gasteiger partial charge in [-0.2, -0.15) is 0 Å². The largest absolute Gasteiger partial charge is 0.507 e. The van der Waals surface area contributed by atoms with Crippen molar-refractivity contribution in [3.05, 3.63) is 144 Å². The lowest BCUT2D eigenvalue weighted by Crippen LogP contribution is -2.48. The highest BCUT2D eigenvalue weighted by Crippen LogP contribution is 2.42. The average molecular weight is 968 g/mol. The lowest BCUT2D eigenvalue weighted by molar-refractivity contribution is -0.126. The number of anilines is 2. The Morgan fingerprint density at radius 3 is 1.42 bits per heavy atom.